The van der Waals surface area contributed by atoms with Gasteiger partial charge in [0.2, 0.25) is 0 Å². The molecular formula is C20H25N. The Morgan fingerprint density at radius 2 is 1.67 bits per heavy atom. The van der Waals surface area contributed by atoms with Crippen LogP contribution in [0.1, 0.15) is 48.9 Å². The molecule has 0 aromatic heterocycles. The first-order valence-corrected chi connectivity index (χ1v) is 8.11. The highest BCUT2D eigenvalue weighted by Gasteiger charge is 2.29. The monoisotopic (exact) mass is 279 g/mol. The third-order valence-electron chi connectivity index (χ3n) is 4.43. The van der Waals surface area contributed by atoms with Crippen LogP contribution in [-0.2, 0) is 6.42 Å². The molecular weight excluding hydrogens is 254 g/mol. The fourth-order valence-corrected chi connectivity index (χ4v) is 3.45. The minimum Gasteiger partial charge on any atom is -0.309 e. The van der Waals surface area contributed by atoms with Crippen molar-refractivity contribution < 1.29 is 0 Å². The van der Waals surface area contributed by atoms with E-state index >= 15 is 0 Å². The summed E-state index contributed by atoms with van der Waals surface area (Å²) in [6.45, 7) is 5.66. The Morgan fingerprint density at radius 1 is 0.952 bits per heavy atom. The SMILES string of the molecule is CC(C)Cc1ccc(C2NCCC2c2ccccc2)cc1. The van der Waals surface area contributed by atoms with Gasteiger partial charge in [-0.25, -0.2) is 0 Å². The first-order chi connectivity index (χ1) is 10.2. The molecule has 2 unspecified atom stereocenters. The predicted molar refractivity (Wildman–Crippen MR) is 89.5 cm³/mol. The molecule has 0 spiro atoms. The lowest BCUT2D eigenvalue weighted by atomic mass is 9.87. The Balaban J connectivity index is 1.79. The Kier molecular flexibility index (Phi) is 4.40. The molecule has 1 saturated heterocycles. The van der Waals surface area contributed by atoms with Gasteiger partial charge < -0.3 is 5.32 Å². The number of rotatable bonds is 4. The standard InChI is InChI=1S/C20H25N/c1-15(2)14-16-8-10-18(11-9-16)20-19(12-13-21-20)17-6-4-3-5-7-17/h3-11,15,19-21H,12-14H2,1-2H3. The van der Waals surface area contributed by atoms with Crippen molar-refractivity contribution in [2.45, 2.75) is 38.6 Å². The van der Waals surface area contributed by atoms with Crippen LogP contribution in [0.5, 0.6) is 0 Å². The smallest absolute Gasteiger partial charge is 0.0390 e. The van der Waals surface area contributed by atoms with E-state index in [0.717, 1.165) is 12.5 Å². The van der Waals surface area contributed by atoms with E-state index < -0.39 is 0 Å². The highest BCUT2D eigenvalue weighted by molar-refractivity contribution is 5.31. The maximum Gasteiger partial charge on any atom is 0.0390 e. The van der Waals surface area contributed by atoms with Crippen molar-refractivity contribution in [2.75, 3.05) is 6.54 Å². The summed E-state index contributed by atoms with van der Waals surface area (Å²) in [6.07, 6.45) is 2.39. The lowest BCUT2D eigenvalue weighted by molar-refractivity contribution is 0.577. The molecule has 0 amide bonds. The summed E-state index contributed by atoms with van der Waals surface area (Å²) in [6, 6.07) is 20.6. The molecule has 0 aliphatic carbocycles. The van der Waals surface area contributed by atoms with Gasteiger partial charge in [0.25, 0.3) is 0 Å². The van der Waals surface area contributed by atoms with Crippen molar-refractivity contribution in [1.82, 2.24) is 5.32 Å². The molecule has 2 aromatic rings. The fourth-order valence-electron chi connectivity index (χ4n) is 3.45. The number of hydrogen-bond donors (Lipinski definition) is 1. The molecule has 1 heterocycles. The van der Waals surface area contributed by atoms with E-state index in [2.05, 4.69) is 73.8 Å². The average molecular weight is 279 g/mol. The van der Waals surface area contributed by atoms with Crippen LogP contribution < -0.4 is 5.32 Å². The van der Waals surface area contributed by atoms with E-state index in [1.807, 2.05) is 0 Å². The largest absolute Gasteiger partial charge is 0.309 e. The second kappa shape index (κ2) is 6.44. The first-order valence-electron chi connectivity index (χ1n) is 8.11. The number of nitrogens with one attached hydrogen (secondary N) is 1. The van der Waals surface area contributed by atoms with Gasteiger partial charge in [-0.05, 0) is 42.0 Å². The van der Waals surface area contributed by atoms with Gasteiger partial charge in [0.1, 0.15) is 0 Å². The van der Waals surface area contributed by atoms with Crippen LogP contribution in [0.25, 0.3) is 0 Å². The van der Waals surface area contributed by atoms with Crippen molar-refractivity contribution in [1.29, 1.82) is 0 Å². The molecule has 0 bridgehead atoms. The van der Waals surface area contributed by atoms with Crippen LogP contribution >= 0.6 is 0 Å². The van der Waals surface area contributed by atoms with Crippen molar-refractivity contribution >= 4 is 0 Å². The molecule has 1 aliphatic heterocycles. The lowest BCUT2D eigenvalue weighted by Gasteiger charge is -2.21. The zero-order valence-electron chi connectivity index (χ0n) is 13.0. The second-order valence-corrected chi connectivity index (χ2v) is 6.58. The number of benzene rings is 2. The van der Waals surface area contributed by atoms with Crippen molar-refractivity contribution in [3.8, 4) is 0 Å². The van der Waals surface area contributed by atoms with E-state index in [4.69, 9.17) is 0 Å². The Bertz CT molecular complexity index is 556. The summed E-state index contributed by atoms with van der Waals surface area (Å²) in [7, 11) is 0. The zero-order chi connectivity index (χ0) is 14.7. The maximum atomic E-state index is 3.68. The molecule has 110 valence electrons. The average Bonchev–Trinajstić information content (AvgIpc) is 2.98. The van der Waals surface area contributed by atoms with Gasteiger partial charge in [-0.15, -0.1) is 0 Å². The third-order valence-corrected chi connectivity index (χ3v) is 4.43. The zero-order valence-corrected chi connectivity index (χ0v) is 13.0. The normalized spacial score (nSPS) is 21.9. The van der Waals surface area contributed by atoms with Crippen LogP contribution in [0.15, 0.2) is 54.6 Å². The molecule has 1 N–H and O–H groups in total. The van der Waals surface area contributed by atoms with Crippen LogP contribution in [-0.4, -0.2) is 6.54 Å². The number of hydrogen-bond acceptors (Lipinski definition) is 1. The first kappa shape index (κ1) is 14.3. The van der Waals surface area contributed by atoms with Gasteiger partial charge in [0.15, 0.2) is 0 Å². The van der Waals surface area contributed by atoms with Crippen molar-refractivity contribution in [2.24, 2.45) is 5.92 Å². The van der Waals surface area contributed by atoms with Gasteiger partial charge in [0.05, 0.1) is 0 Å². The van der Waals surface area contributed by atoms with Crippen molar-refractivity contribution in [3.63, 3.8) is 0 Å². The van der Waals surface area contributed by atoms with Crippen molar-refractivity contribution in [3.05, 3.63) is 71.3 Å². The predicted octanol–water partition coefficient (Wildman–Crippen LogP) is 4.70. The Hall–Kier alpha value is -1.60. The second-order valence-electron chi connectivity index (χ2n) is 6.58. The maximum absolute atomic E-state index is 3.68. The van der Waals surface area contributed by atoms with Crippen LogP contribution in [0.2, 0.25) is 0 Å². The van der Waals surface area contributed by atoms with Gasteiger partial charge in [-0.3, -0.25) is 0 Å². The summed E-state index contributed by atoms with van der Waals surface area (Å²) in [5.41, 5.74) is 4.33. The van der Waals surface area contributed by atoms with E-state index in [1.54, 1.807) is 0 Å². The van der Waals surface area contributed by atoms with Crippen LogP contribution in [0.4, 0.5) is 0 Å². The fraction of sp³-hybridized carbons (Fsp3) is 0.400. The molecule has 21 heavy (non-hydrogen) atoms. The van der Waals surface area contributed by atoms with Gasteiger partial charge >= 0.3 is 0 Å². The molecule has 1 nitrogen and oxygen atoms in total. The summed E-state index contributed by atoms with van der Waals surface area (Å²) in [5.74, 6) is 1.32. The summed E-state index contributed by atoms with van der Waals surface area (Å²) in [4.78, 5) is 0. The molecule has 1 heteroatoms. The summed E-state index contributed by atoms with van der Waals surface area (Å²) >= 11 is 0. The lowest BCUT2D eigenvalue weighted by Crippen LogP contribution is -2.17. The Labute approximate surface area is 128 Å². The summed E-state index contributed by atoms with van der Waals surface area (Å²) in [5, 5.41) is 3.68. The van der Waals surface area contributed by atoms with E-state index in [1.165, 1.54) is 29.5 Å². The van der Waals surface area contributed by atoms with Gasteiger partial charge in [0, 0.05) is 12.0 Å². The topological polar surface area (TPSA) is 12.0 Å². The summed E-state index contributed by atoms with van der Waals surface area (Å²) < 4.78 is 0. The molecule has 1 aliphatic rings. The van der Waals surface area contributed by atoms with E-state index in [0.29, 0.717) is 12.0 Å². The third kappa shape index (κ3) is 3.36. The van der Waals surface area contributed by atoms with Crippen LogP contribution in [0, 0.1) is 5.92 Å². The van der Waals surface area contributed by atoms with E-state index in [9.17, 15) is 0 Å². The Morgan fingerprint density at radius 3 is 2.33 bits per heavy atom. The quantitative estimate of drug-likeness (QED) is 0.855. The molecule has 2 atom stereocenters. The molecule has 0 saturated carbocycles. The highest BCUT2D eigenvalue weighted by Crippen LogP contribution is 2.37. The van der Waals surface area contributed by atoms with Gasteiger partial charge in [-0.2, -0.15) is 0 Å². The highest BCUT2D eigenvalue weighted by atomic mass is 15.0. The molecule has 2 aromatic carbocycles. The van der Waals surface area contributed by atoms with E-state index in [-0.39, 0.29) is 0 Å². The minimum atomic E-state index is 0.459. The molecule has 1 fully saturated rings. The van der Waals surface area contributed by atoms with Gasteiger partial charge in [-0.1, -0.05) is 68.4 Å². The molecule has 3 rings (SSSR count). The van der Waals surface area contributed by atoms with Crippen LogP contribution in [0.3, 0.4) is 0 Å². The minimum absolute atomic E-state index is 0.459. The molecule has 0 radical (unpaired) electrons.